The molecule has 0 aromatic heterocycles. The summed E-state index contributed by atoms with van der Waals surface area (Å²) >= 11 is 0. The van der Waals surface area contributed by atoms with Gasteiger partial charge in [-0.15, -0.1) is 0 Å². The van der Waals surface area contributed by atoms with Gasteiger partial charge in [0, 0.05) is 5.56 Å². The highest BCUT2D eigenvalue weighted by molar-refractivity contribution is 5.20. The third-order valence-corrected chi connectivity index (χ3v) is 2.41. The van der Waals surface area contributed by atoms with E-state index in [1.165, 1.54) is 6.07 Å². The summed E-state index contributed by atoms with van der Waals surface area (Å²) in [6.07, 6.45) is 0.154. The first-order valence-electron chi connectivity index (χ1n) is 4.59. The molecule has 0 saturated carbocycles. The van der Waals surface area contributed by atoms with Crippen molar-refractivity contribution in [2.24, 2.45) is 5.92 Å². The Morgan fingerprint density at radius 3 is 2.54 bits per heavy atom. The van der Waals surface area contributed by atoms with Crippen LogP contribution < -0.4 is 0 Å². The predicted molar refractivity (Wildman–Crippen MR) is 50.8 cm³/mol. The topological polar surface area (TPSA) is 20.2 Å². The minimum atomic E-state index is -0.689. The summed E-state index contributed by atoms with van der Waals surface area (Å²) < 4.78 is 13.2. The van der Waals surface area contributed by atoms with E-state index in [1.807, 2.05) is 13.8 Å². The normalized spacial score (nSPS) is 15.4. The van der Waals surface area contributed by atoms with E-state index in [-0.39, 0.29) is 11.7 Å². The molecule has 0 heterocycles. The van der Waals surface area contributed by atoms with Crippen molar-refractivity contribution in [2.45, 2.75) is 26.4 Å². The van der Waals surface area contributed by atoms with Crippen molar-refractivity contribution in [3.63, 3.8) is 0 Å². The van der Waals surface area contributed by atoms with Crippen molar-refractivity contribution in [3.8, 4) is 0 Å². The van der Waals surface area contributed by atoms with Crippen LogP contribution in [-0.2, 0) is 0 Å². The Bertz CT molecular complexity index is 273. The molecule has 0 aliphatic rings. The smallest absolute Gasteiger partial charge is 0.129 e. The van der Waals surface area contributed by atoms with Crippen molar-refractivity contribution >= 4 is 0 Å². The van der Waals surface area contributed by atoms with Crippen LogP contribution in [0.15, 0.2) is 24.3 Å². The van der Waals surface area contributed by atoms with Gasteiger partial charge in [-0.3, -0.25) is 0 Å². The second-order valence-corrected chi connectivity index (χ2v) is 3.35. The lowest BCUT2D eigenvalue weighted by atomic mass is 9.95. The Morgan fingerprint density at radius 2 is 2.00 bits per heavy atom. The van der Waals surface area contributed by atoms with Crippen LogP contribution in [0.5, 0.6) is 0 Å². The molecule has 13 heavy (non-hydrogen) atoms. The second-order valence-electron chi connectivity index (χ2n) is 3.35. The quantitative estimate of drug-likeness (QED) is 0.762. The van der Waals surface area contributed by atoms with Crippen LogP contribution >= 0.6 is 0 Å². The molecule has 2 atom stereocenters. The van der Waals surface area contributed by atoms with Gasteiger partial charge in [0.25, 0.3) is 0 Å². The average molecular weight is 182 g/mol. The Morgan fingerprint density at radius 1 is 1.38 bits per heavy atom. The Labute approximate surface area is 78.2 Å². The van der Waals surface area contributed by atoms with Gasteiger partial charge in [0.15, 0.2) is 0 Å². The molecule has 1 rings (SSSR count). The van der Waals surface area contributed by atoms with Gasteiger partial charge in [0.05, 0.1) is 6.10 Å². The van der Waals surface area contributed by atoms with Crippen LogP contribution in [0.25, 0.3) is 0 Å². The standard InChI is InChI=1S/C11H15FO/c1-3-8(2)11(13)9-6-4-5-7-10(9)12/h4-8,11,13H,3H2,1-2H3. The molecule has 0 spiro atoms. The molecule has 1 aromatic carbocycles. The Balaban J connectivity index is 2.88. The van der Waals surface area contributed by atoms with Crippen LogP contribution in [0, 0.1) is 11.7 Å². The molecule has 0 amide bonds. The number of aliphatic hydroxyl groups excluding tert-OH is 1. The van der Waals surface area contributed by atoms with Crippen molar-refractivity contribution < 1.29 is 9.50 Å². The third-order valence-electron chi connectivity index (χ3n) is 2.41. The maximum Gasteiger partial charge on any atom is 0.129 e. The lowest BCUT2D eigenvalue weighted by molar-refractivity contribution is 0.111. The second kappa shape index (κ2) is 4.38. The molecule has 1 aromatic rings. The van der Waals surface area contributed by atoms with Gasteiger partial charge < -0.3 is 5.11 Å². The zero-order valence-electron chi connectivity index (χ0n) is 8.00. The van der Waals surface area contributed by atoms with Gasteiger partial charge in [-0.1, -0.05) is 38.5 Å². The van der Waals surface area contributed by atoms with E-state index in [4.69, 9.17) is 0 Å². The highest BCUT2D eigenvalue weighted by atomic mass is 19.1. The van der Waals surface area contributed by atoms with Crippen LogP contribution in [0.1, 0.15) is 31.9 Å². The molecule has 1 N–H and O–H groups in total. The third kappa shape index (κ3) is 2.28. The molecule has 2 heteroatoms. The largest absolute Gasteiger partial charge is 0.388 e. The molecule has 0 radical (unpaired) electrons. The van der Waals surface area contributed by atoms with Gasteiger partial charge in [-0.05, 0) is 12.0 Å². The minimum Gasteiger partial charge on any atom is -0.388 e. The number of rotatable bonds is 3. The first-order valence-corrected chi connectivity index (χ1v) is 4.59. The summed E-state index contributed by atoms with van der Waals surface area (Å²) in [6.45, 7) is 3.89. The molecular formula is C11H15FO. The highest BCUT2D eigenvalue weighted by Gasteiger charge is 2.17. The zero-order chi connectivity index (χ0) is 9.84. The highest BCUT2D eigenvalue weighted by Crippen LogP contribution is 2.25. The SMILES string of the molecule is CCC(C)C(O)c1ccccc1F. The fraction of sp³-hybridized carbons (Fsp3) is 0.455. The zero-order valence-corrected chi connectivity index (χ0v) is 8.00. The first kappa shape index (κ1) is 10.2. The van der Waals surface area contributed by atoms with Crippen molar-refractivity contribution in [3.05, 3.63) is 35.6 Å². The monoisotopic (exact) mass is 182 g/mol. The fourth-order valence-electron chi connectivity index (χ4n) is 1.24. The predicted octanol–water partition coefficient (Wildman–Crippen LogP) is 2.91. The Kier molecular flexibility index (Phi) is 3.43. The molecule has 0 fully saturated rings. The number of hydrogen-bond acceptors (Lipinski definition) is 1. The van der Waals surface area contributed by atoms with Crippen LogP contribution in [0.4, 0.5) is 4.39 Å². The van der Waals surface area contributed by atoms with E-state index >= 15 is 0 Å². The molecule has 0 saturated heterocycles. The Hall–Kier alpha value is -0.890. The van der Waals surface area contributed by atoms with Gasteiger partial charge in [-0.2, -0.15) is 0 Å². The molecule has 0 bridgehead atoms. The van der Waals surface area contributed by atoms with Crippen LogP contribution in [0.3, 0.4) is 0 Å². The van der Waals surface area contributed by atoms with Crippen LogP contribution in [-0.4, -0.2) is 5.11 Å². The minimum absolute atomic E-state index is 0.0944. The lowest BCUT2D eigenvalue weighted by Gasteiger charge is -2.17. The fourth-order valence-corrected chi connectivity index (χ4v) is 1.24. The summed E-state index contributed by atoms with van der Waals surface area (Å²) in [6, 6.07) is 6.37. The number of benzene rings is 1. The first-order chi connectivity index (χ1) is 6.16. The van der Waals surface area contributed by atoms with E-state index in [1.54, 1.807) is 18.2 Å². The van der Waals surface area contributed by atoms with Gasteiger partial charge in [0.2, 0.25) is 0 Å². The molecule has 2 unspecified atom stereocenters. The van der Waals surface area contributed by atoms with Crippen LogP contribution in [0.2, 0.25) is 0 Å². The summed E-state index contributed by atoms with van der Waals surface area (Å²) in [5.74, 6) is -0.229. The number of halogens is 1. The summed E-state index contributed by atoms with van der Waals surface area (Å²) in [5.41, 5.74) is 0.400. The van der Waals surface area contributed by atoms with Crippen molar-refractivity contribution in [2.75, 3.05) is 0 Å². The molecule has 0 aliphatic heterocycles. The lowest BCUT2D eigenvalue weighted by Crippen LogP contribution is -2.09. The number of hydrogen-bond donors (Lipinski definition) is 1. The summed E-state index contributed by atoms with van der Waals surface area (Å²) in [4.78, 5) is 0. The van der Waals surface area contributed by atoms with E-state index in [0.717, 1.165) is 6.42 Å². The molecule has 72 valence electrons. The molecular weight excluding hydrogens is 167 g/mol. The molecule has 0 aliphatic carbocycles. The van der Waals surface area contributed by atoms with Crippen molar-refractivity contribution in [1.82, 2.24) is 0 Å². The average Bonchev–Trinajstić information content (AvgIpc) is 2.16. The molecule has 1 nitrogen and oxygen atoms in total. The van der Waals surface area contributed by atoms with E-state index in [2.05, 4.69) is 0 Å². The van der Waals surface area contributed by atoms with Gasteiger partial charge in [-0.25, -0.2) is 4.39 Å². The van der Waals surface area contributed by atoms with E-state index < -0.39 is 6.10 Å². The summed E-state index contributed by atoms with van der Waals surface area (Å²) in [5, 5.41) is 9.73. The number of aliphatic hydroxyl groups is 1. The van der Waals surface area contributed by atoms with E-state index in [0.29, 0.717) is 5.56 Å². The van der Waals surface area contributed by atoms with E-state index in [9.17, 15) is 9.50 Å². The maximum atomic E-state index is 13.2. The summed E-state index contributed by atoms with van der Waals surface area (Å²) in [7, 11) is 0. The van der Waals surface area contributed by atoms with Crippen molar-refractivity contribution in [1.29, 1.82) is 0 Å². The maximum absolute atomic E-state index is 13.2. The van der Waals surface area contributed by atoms with Gasteiger partial charge in [0.1, 0.15) is 5.82 Å². The van der Waals surface area contributed by atoms with Gasteiger partial charge >= 0.3 is 0 Å².